The summed E-state index contributed by atoms with van der Waals surface area (Å²) in [5.74, 6) is -0.576. The minimum atomic E-state index is -0.724. The predicted octanol–water partition coefficient (Wildman–Crippen LogP) is 4.44. The monoisotopic (exact) mass is 369 g/mol. The first-order valence-electron chi connectivity index (χ1n) is 8.35. The van der Waals surface area contributed by atoms with Crippen LogP contribution in [0.15, 0.2) is 40.5 Å². The molecule has 0 aliphatic carbocycles. The van der Waals surface area contributed by atoms with Crippen LogP contribution in [-0.2, 0) is 6.42 Å². The lowest BCUT2D eigenvalue weighted by Gasteiger charge is -2.13. The zero-order chi connectivity index (χ0) is 19.7. The van der Waals surface area contributed by atoms with E-state index in [-0.39, 0.29) is 0 Å². The number of oxime groups is 1. The first-order chi connectivity index (χ1) is 12.9. The number of aromatic hydroxyl groups is 1. The highest BCUT2D eigenvalue weighted by Gasteiger charge is 2.25. The second-order valence-corrected chi connectivity index (χ2v) is 6.25. The zero-order valence-electron chi connectivity index (χ0n) is 15.3. The van der Waals surface area contributed by atoms with Crippen LogP contribution in [0.2, 0.25) is 0 Å². The molecule has 3 rings (SSSR count). The van der Waals surface area contributed by atoms with Crippen LogP contribution < -0.4 is 0 Å². The number of nitrogens with zero attached hydrogens (tertiary/aromatic N) is 3. The first kappa shape index (κ1) is 18.4. The Kier molecular flexibility index (Phi) is 4.85. The molecule has 6 nitrogen and oxygen atoms in total. The highest BCUT2D eigenvalue weighted by Crippen LogP contribution is 2.37. The van der Waals surface area contributed by atoms with Crippen molar-refractivity contribution in [3.63, 3.8) is 0 Å². The van der Waals surface area contributed by atoms with Crippen molar-refractivity contribution in [3.05, 3.63) is 64.9 Å². The fourth-order valence-corrected chi connectivity index (χ4v) is 3.35. The molecule has 0 aliphatic heterocycles. The maximum Gasteiger partial charge on any atom is 0.165 e. The highest BCUT2D eigenvalue weighted by molar-refractivity contribution is 5.86. The molecule has 2 aromatic heterocycles. The highest BCUT2D eigenvalue weighted by atomic mass is 19.1. The van der Waals surface area contributed by atoms with Crippen LogP contribution in [0.5, 0.6) is 5.75 Å². The van der Waals surface area contributed by atoms with Gasteiger partial charge in [0.1, 0.15) is 11.4 Å². The molecule has 0 radical (unpaired) electrons. The first-order valence-corrected chi connectivity index (χ1v) is 8.35. The molecule has 0 atom stereocenters. The van der Waals surface area contributed by atoms with E-state index in [9.17, 15) is 14.7 Å². The van der Waals surface area contributed by atoms with Gasteiger partial charge in [-0.25, -0.2) is 4.39 Å². The number of aryl methyl sites for hydroxylation is 2. The average molecular weight is 369 g/mol. The summed E-state index contributed by atoms with van der Waals surface area (Å²) >= 11 is 0. The number of benzene rings is 1. The van der Waals surface area contributed by atoms with E-state index < -0.39 is 11.6 Å². The number of rotatable bonds is 5. The second kappa shape index (κ2) is 7.11. The van der Waals surface area contributed by atoms with Crippen molar-refractivity contribution in [2.75, 3.05) is 0 Å². The van der Waals surface area contributed by atoms with Gasteiger partial charge in [0.25, 0.3) is 0 Å². The second-order valence-electron chi connectivity index (χ2n) is 6.25. The van der Waals surface area contributed by atoms with Crippen molar-refractivity contribution in [1.29, 1.82) is 0 Å². The summed E-state index contributed by atoms with van der Waals surface area (Å²) in [5.41, 5.74) is 4.94. The van der Waals surface area contributed by atoms with E-state index in [2.05, 4.69) is 16.9 Å². The third-order valence-corrected chi connectivity index (χ3v) is 4.56. The number of phenols is 1. The summed E-state index contributed by atoms with van der Waals surface area (Å²) in [5, 5.41) is 26.0. The number of phenolic OH excluding ortho intramolecular Hbond substituents is 1. The van der Waals surface area contributed by atoms with E-state index in [0.717, 1.165) is 11.1 Å². The van der Waals surface area contributed by atoms with E-state index in [0.29, 0.717) is 40.5 Å². The van der Waals surface area contributed by atoms with Gasteiger partial charge in [0.2, 0.25) is 0 Å². The van der Waals surface area contributed by atoms with Crippen LogP contribution in [-0.4, -0.2) is 26.3 Å². The van der Waals surface area contributed by atoms with Crippen LogP contribution in [0.4, 0.5) is 4.39 Å². The zero-order valence-corrected chi connectivity index (χ0v) is 15.3. The quantitative estimate of drug-likeness (QED) is 0.301. The molecule has 0 amide bonds. The Balaban J connectivity index is 2.47. The van der Waals surface area contributed by atoms with Crippen molar-refractivity contribution >= 4 is 6.21 Å². The van der Waals surface area contributed by atoms with Crippen molar-refractivity contribution in [2.24, 2.45) is 5.16 Å². The summed E-state index contributed by atoms with van der Waals surface area (Å²) in [6.07, 6.45) is 3.60. The molecule has 140 valence electrons. The molecular weight excluding hydrogens is 349 g/mol. The molecule has 0 fully saturated rings. The summed E-state index contributed by atoms with van der Waals surface area (Å²) in [6, 6.07) is 4.21. The predicted molar refractivity (Wildman–Crippen MR) is 100 cm³/mol. The van der Waals surface area contributed by atoms with Gasteiger partial charge in [0.15, 0.2) is 17.3 Å². The Morgan fingerprint density at radius 2 is 2.07 bits per heavy atom. The van der Waals surface area contributed by atoms with Crippen molar-refractivity contribution < 1.29 is 19.2 Å². The van der Waals surface area contributed by atoms with E-state index in [4.69, 9.17) is 4.52 Å². The van der Waals surface area contributed by atoms with Crippen LogP contribution >= 0.6 is 0 Å². The van der Waals surface area contributed by atoms with Gasteiger partial charge in [0.05, 0.1) is 17.6 Å². The summed E-state index contributed by atoms with van der Waals surface area (Å²) in [6.45, 7) is 9.28. The van der Waals surface area contributed by atoms with Gasteiger partial charge in [-0.2, -0.15) is 0 Å². The molecular formula is C20H20FN3O3. The molecule has 7 heteroatoms. The molecule has 0 unspecified atom stereocenters. The standard InChI is InChI=1S/C20H20FN3O3/c1-5-6-15-11(2)17(10-22-26)24(19-12(3)23-27-13(19)4)20(15)14-7-8-18(25)16(21)9-14/h5,7-10,25-26H,1,6H2,2-4H3. The summed E-state index contributed by atoms with van der Waals surface area (Å²) < 4.78 is 21.2. The van der Waals surface area contributed by atoms with Crippen molar-refractivity contribution in [3.8, 4) is 22.7 Å². The minimum absolute atomic E-state index is 0.423. The molecule has 2 N–H and O–H groups in total. The van der Waals surface area contributed by atoms with Gasteiger partial charge in [-0.3, -0.25) is 0 Å². The smallest absolute Gasteiger partial charge is 0.165 e. The molecule has 27 heavy (non-hydrogen) atoms. The molecule has 1 aromatic carbocycles. The van der Waals surface area contributed by atoms with Gasteiger partial charge >= 0.3 is 0 Å². The van der Waals surface area contributed by atoms with Crippen LogP contribution in [0.3, 0.4) is 0 Å². The average Bonchev–Trinajstić information content (AvgIpc) is 3.09. The van der Waals surface area contributed by atoms with E-state index in [1.165, 1.54) is 18.3 Å². The lowest BCUT2D eigenvalue weighted by Crippen LogP contribution is -2.05. The van der Waals surface area contributed by atoms with Crippen LogP contribution in [0.25, 0.3) is 16.9 Å². The van der Waals surface area contributed by atoms with Crippen molar-refractivity contribution in [2.45, 2.75) is 27.2 Å². The molecule has 0 bridgehead atoms. The van der Waals surface area contributed by atoms with Crippen LogP contribution in [0.1, 0.15) is 28.3 Å². The fraction of sp³-hybridized carbons (Fsp3) is 0.200. The molecule has 0 saturated carbocycles. The Morgan fingerprint density at radius 3 is 2.63 bits per heavy atom. The van der Waals surface area contributed by atoms with Crippen LogP contribution in [0, 0.1) is 26.6 Å². The Labute approximate surface area is 155 Å². The topological polar surface area (TPSA) is 83.8 Å². The molecule has 2 heterocycles. The lowest BCUT2D eigenvalue weighted by atomic mass is 10.0. The number of aromatic nitrogens is 2. The number of hydrogen-bond donors (Lipinski definition) is 2. The Bertz CT molecular complexity index is 1030. The van der Waals surface area contributed by atoms with Gasteiger partial charge in [-0.15, -0.1) is 6.58 Å². The summed E-state index contributed by atoms with van der Waals surface area (Å²) in [4.78, 5) is 0. The third-order valence-electron chi connectivity index (χ3n) is 4.56. The molecule has 0 spiro atoms. The van der Waals surface area contributed by atoms with Gasteiger partial charge < -0.3 is 19.4 Å². The van der Waals surface area contributed by atoms with Crippen molar-refractivity contribution in [1.82, 2.24) is 9.72 Å². The number of halogens is 1. The minimum Gasteiger partial charge on any atom is -0.505 e. The maximum atomic E-state index is 14.1. The molecule has 0 aliphatic rings. The van der Waals surface area contributed by atoms with E-state index in [1.807, 2.05) is 11.5 Å². The van der Waals surface area contributed by atoms with Gasteiger partial charge in [-0.1, -0.05) is 16.4 Å². The largest absolute Gasteiger partial charge is 0.505 e. The Morgan fingerprint density at radius 1 is 1.33 bits per heavy atom. The SMILES string of the molecule is C=CCc1c(C)c(C=NO)n(-c2c(C)noc2C)c1-c1ccc(O)c(F)c1. The van der Waals surface area contributed by atoms with E-state index in [1.54, 1.807) is 26.0 Å². The fourth-order valence-electron chi connectivity index (χ4n) is 3.35. The van der Waals surface area contributed by atoms with Gasteiger partial charge in [0, 0.05) is 5.56 Å². The van der Waals surface area contributed by atoms with E-state index >= 15 is 0 Å². The molecule has 0 saturated heterocycles. The van der Waals surface area contributed by atoms with Gasteiger partial charge in [-0.05, 0) is 56.5 Å². The Hall–Kier alpha value is -3.35. The molecule has 3 aromatic rings. The maximum absolute atomic E-state index is 14.1. The number of allylic oxidation sites excluding steroid dienone is 1. The summed E-state index contributed by atoms with van der Waals surface area (Å²) in [7, 11) is 0. The third kappa shape index (κ3) is 3.01. The normalized spacial score (nSPS) is 11.4. The lowest BCUT2D eigenvalue weighted by molar-refractivity contribution is 0.321. The number of hydrogen-bond acceptors (Lipinski definition) is 5.